The molecule has 1 atom stereocenters. The zero-order chi connectivity index (χ0) is 11.7. The maximum absolute atomic E-state index is 6.03. The van der Waals surface area contributed by atoms with E-state index in [1.165, 1.54) is 24.0 Å². The summed E-state index contributed by atoms with van der Waals surface area (Å²) in [6.45, 7) is 1.21. The fraction of sp³-hybridized carbons (Fsp3) is 0.571. The lowest BCUT2D eigenvalue weighted by Gasteiger charge is -2.11. The normalized spacial score (nSPS) is 22.5. The van der Waals surface area contributed by atoms with E-state index >= 15 is 0 Å². The van der Waals surface area contributed by atoms with Crippen LogP contribution in [0.15, 0.2) is 18.2 Å². The van der Waals surface area contributed by atoms with Crippen LogP contribution in [0.4, 0.5) is 0 Å². The summed E-state index contributed by atoms with van der Waals surface area (Å²) in [6, 6.07) is 6.31. The van der Waals surface area contributed by atoms with Gasteiger partial charge >= 0.3 is 0 Å². The van der Waals surface area contributed by atoms with Crippen LogP contribution in [0.25, 0.3) is 0 Å². The van der Waals surface area contributed by atoms with Gasteiger partial charge in [-0.25, -0.2) is 0 Å². The third-order valence-electron chi connectivity index (χ3n) is 3.62. The summed E-state index contributed by atoms with van der Waals surface area (Å²) < 4.78 is 11.2. The standard InChI is InChI=1S/C14H19NO2/c15-13-7-6-12-11(13)2-1-3-14(12)17-9-16-8-10-4-5-10/h1-3,10,13H,4-9,15H2. The van der Waals surface area contributed by atoms with E-state index in [-0.39, 0.29) is 6.04 Å². The van der Waals surface area contributed by atoms with Gasteiger partial charge in [-0.15, -0.1) is 0 Å². The first kappa shape index (κ1) is 11.1. The molecule has 1 saturated carbocycles. The number of hydrogen-bond donors (Lipinski definition) is 1. The molecule has 1 fully saturated rings. The molecule has 2 aliphatic carbocycles. The molecule has 1 unspecified atom stereocenters. The number of fused-ring (bicyclic) bond motifs is 1. The van der Waals surface area contributed by atoms with Gasteiger partial charge < -0.3 is 15.2 Å². The summed E-state index contributed by atoms with van der Waals surface area (Å²) in [5.74, 6) is 1.74. The Bertz CT molecular complexity index is 401. The molecule has 0 saturated heterocycles. The van der Waals surface area contributed by atoms with E-state index in [4.69, 9.17) is 15.2 Å². The second-order valence-electron chi connectivity index (χ2n) is 5.05. The molecule has 0 radical (unpaired) electrons. The fourth-order valence-corrected chi connectivity index (χ4v) is 2.39. The van der Waals surface area contributed by atoms with Crippen molar-refractivity contribution in [3.63, 3.8) is 0 Å². The second-order valence-corrected chi connectivity index (χ2v) is 5.05. The Balaban J connectivity index is 1.58. The number of rotatable bonds is 5. The van der Waals surface area contributed by atoms with Crippen LogP contribution in [0.5, 0.6) is 5.75 Å². The van der Waals surface area contributed by atoms with Crippen molar-refractivity contribution >= 4 is 0 Å². The van der Waals surface area contributed by atoms with Gasteiger partial charge in [0.2, 0.25) is 0 Å². The molecule has 92 valence electrons. The number of hydrogen-bond acceptors (Lipinski definition) is 3. The molecule has 0 aromatic heterocycles. The summed E-state index contributed by atoms with van der Waals surface area (Å²) in [4.78, 5) is 0. The molecule has 1 aromatic rings. The van der Waals surface area contributed by atoms with Gasteiger partial charge in [0.25, 0.3) is 0 Å². The third-order valence-corrected chi connectivity index (χ3v) is 3.62. The zero-order valence-corrected chi connectivity index (χ0v) is 10.0. The Morgan fingerprint density at radius 1 is 1.24 bits per heavy atom. The highest BCUT2D eigenvalue weighted by Gasteiger charge is 2.23. The Kier molecular flexibility index (Phi) is 3.04. The van der Waals surface area contributed by atoms with Gasteiger partial charge in [-0.05, 0) is 48.8 Å². The summed E-state index contributed by atoms with van der Waals surface area (Å²) >= 11 is 0. The Hall–Kier alpha value is -1.06. The van der Waals surface area contributed by atoms with E-state index in [0.29, 0.717) is 6.79 Å². The average molecular weight is 233 g/mol. The number of benzene rings is 1. The molecule has 0 amide bonds. The summed E-state index contributed by atoms with van der Waals surface area (Å²) in [6.07, 6.45) is 4.68. The lowest BCUT2D eigenvalue weighted by atomic mass is 10.1. The topological polar surface area (TPSA) is 44.5 Å². The lowest BCUT2D eigenvalue weighted by Crippen LogP contribution is -2.07. The van der Waals surface area contributed by atoms with E-state index in [1.807, 2.05) is 12.1 Å². The van der Waals surface area contributed by atoms with Crippen molar-refractivity contribution in [2.45, 2.75) is 31.7 Å². The molecule has 3 heteroatoms. The summed E-state index contributed by atoms with van der Waals surface area (Å²) in [5, 5.41) is 0. The van der Waals surface area contributed by atoms with Crippen LogP contribution >= 0.6 is 0 Å². The van der Waals surface area contributed by atoms with Gasteiger partial charge in [0.15, 0.2) is 6.79 Å². The van der Waals surface area contributed by atoms with Crippen molar-refractivity contribution in [1.29, 1.82) is 0 Å². The van der Waals surface area contributed by atoms with Crippen LogP contribution in [-0.4, -0.2) is 13.4 Å². The first-order valence-electron chi connectivity index (χ1n) is 6.42. The maximum atomic E-state index is 6.03. The van der Waals surface area contributed by atoms with Crippen LogP contribution in [0.3, 0.4) is 0 Å². The summed E-state index contributed by atoms with van der Waals surface area (Å²) in [5.41, 5.74) is 8.54. The average Bonchev–Trinajstić information content (AvgIpc) is 3.09. The minimum Gasteiger partial charge on any atom is -0.467 e. The first-order chi connectivity index (χ1) is 8.34. The molecule has 0 bridgehead atoms. The minimum atomic E-state index is 0.181. The predicted molar refractivity (Wildman–Crippen MR) is 65.9 cm³/mol. The van der Waals surface area contributed by atoms with Gasteiger partial charge in [-0.2, -0.15) is 0 Å². The van der Waals surface area contributed by atoms with Crippen LogP contribution in [0.2, 0.25) is 0 Å². The molecule has 0 aliphatic heterocycles. The van der Waals surface area contributed by atoms with Crippen LogP contribution in [-0.2, 0) is 11.2 Å². The van der Waals surface area contributed by atoms with Gasteiger partial charge in [0, 0.05) is 6.04 Å². The molecule has 3 nitrogen and oxygen atoms in total. The highest BCUT2D eigenvalue weighted by Crippen LogP contribution is 2.35. The molecular weight excluding hydrogens is 214 g/mol. The molecule has 17 heavy (non-hydrogen) atoms. The van der Waals surface area contributed by atoms with E-state index in [1.54, 1.807) is 0 Å². The van der Waals surface area contributed by atoms with Gasteiger partial charge in [-0.1, -0.05) is 12.1 Å². The Labute approximate surface area is 102 Å². The number of ether oxygens (including phenoxy) is 2. The summed E-state index contributed by atoms with van der Waals surface area (Å²) in [7, 11) is 0. The van der Waals surface area contributed by atoms with Crippen molar-refractivity contribution in [2.24, 2.45) is 11.7 Å². The SMILES string of the molecule is NC1CCc2c(OCOCC3CC3)cccc21. The minimum absolute atomic E-state index is 0.181. The zero-order valence-electron chi connectivity index (χ0n) is 10.0. The maximum Gasteiger partial charge on any atom is 0.189 e. The van der Waals surface area contributed by atoms with Crippen molar-refractivity contribution in [3.8, 4) is 5.75 Å². The largest absolute Gasteiger partial charge is 0.467 e. The van der Waals surface area contributed by atoms with E-state index in [0.717, 1.165) is 31.1 Å². The Morgan fingerprint density at radius 3 is 2.94 bits per heavy atom. The molecule has 0 heterocycles. The van der Waals surface area contributed by atoms with Crippen LogP contribution in [0, 0.1) is 5.92 Å². The monoisotopic (exact) mass is 233 g/mol. The quantitative estimate of drug-likeness (QED) is 0.627. The predicted octanol–water partition coefficient (Wildman–Crippen LogP) is 2.40. The molecule has 3 rings (SSSR count). The van der Waals surface area contributed by atoms with Gasteiger partial charge in [0.05, 0.1) is 6.61 Å². The van der Waals surface area contributed by atoms with Crippen LogP contribution in [0.1, 0.15) is 36.4 Å². The Morgan fingerprint density at radius 2 is 2.12 bits per heavy atom. The highest BCUT2D eigenvalue weighted by atomic mass is 16.7. The van der Waals surface area contributed by atoms with E-state index in [9.17, 15) is 0 Å². The van der Waals surface area contributed by atoms with Crippen molar-refractivity contribution in [3.05, 3.63) is 29.3 Å². The second kappa shape index (κ2) is 4.67. The highest BCUT2D eigenvalue weighted by molar-refractivity contribution is 5.44. The molecule has 2 aliphatic rings. The van der Waals surface area contributed by atoms with Crippen molar-refractivity contribution in [2.75, 3.05) is 13.4 Å². The molecule has 0 spiro atoms. The lowest BCUT2D eigenvalue weighted by molar-refractivity contribution is 0.00951. The van der Waals surface area contributed by atoms with Crippen molar-refractivity contribution in [1.82, 2.24) is 0 Å². The van der Waals surface area contributed by atoms with E-state index in [2.05, 4.69) is 6.07 Å². The van der Waals surface area contributed by atoms with Crippen molar-refractivity contribution < 1.29 is 9.47 Å². The smallest absolute Gasteiger partial charge is 0.189 e. The first-order valence-corrected chi connectivity index (χ1v) is 6.42. The molecule has 2 N–H and O–H groups in total. The molecule has 1 aromatic carbocycles. The van der Waals surface area contributed by atoms with Crippen LogP contribution < -0.4 is 10.5 Å². The molecular formula is C14H19NO2. The number of nitrogens with two attached hydrogens (primary N) is 1. The third kappa shape index (κ3) is 2.45. The van der Waals surface area contributed by atoms with Gasteiger partial charge in [-0.3, -0.25) is 0 Å². The van der Waals surface area contributed by atoms with Gasteiger partial charge in [0.1, 0.15) is 5.75 Å². The fourth-order valence-electron chi connectivity index (χ4n) is 2.39. The van der Waals surface area contributed by atoms with E-state index < -0.39 is 0 Å².